The molecule has 0 aliphatic heterocycles. The highest BCUT2D eigenvalue weighted by Gasteiger charge is 2.03. The monoisotopic (exact) mass is 240 g/mol. The number of aromatic nitrogens is 1. The van der Waals surface area contributed by atoms with E-state index in [4.69, 9.17) is 5.21 Å². The highest BCUT2D eigenvalue weighted by atomic mass is 16.4. The van der Waals surface area contributed by atoms with Gasteiger partial charge in [-0.2, -0.15) is 0 Å². The average molecular weight is 240 g/mol. The molecule has 0 saturated carbocycles. The van der Waals surface area contributed by atoms with Crippen LogP contribution in [0.5, 0.6) is 0 Å². The van der Waals surface area contributed by atoms with Crippen molar-refractivity contribution < 1.29 is 5.21 Å². The lowest BCUT2D eigenvalue weighted by molar-refractivity contribution is 0.318. The summed E-state index contributed by atoms with van der Waals surface area (Å²) in [6.07, 6.45) is 6.39. The van der Waals surface area contributed by atoms with E-state index in [0.717, 1.165) is 21.9 Å². The molecule has 0 fully saturated rings. The van der Waals surface area contributed by atoms with E-state index in [1.807, 2.05) is 50.5 Å². The maximum absolute atomic E-state index is 8.92. The maximum Gasteiger partial charge on any atom is 0.0822 e. The number of pyridine rings is 1. The summed E-state index contributed by atoms with van der Waals surface area (Å²) in [7, 11) is 0. The van der Waals surface area contributed by atoms with Gasteiger partial charge in [0, 0.05) is 23.3 Å². The second-order valence-corrected chi connectivity index (χ2v) is 4.18. The minimum atomic E-state index is 0.697. The third-order valence-electron chi connectivity index (χ3n) is 2.98. The van der Waals surface area contributed by atoms with Crippen molar-refractivity contribution in [2.75, 3.05) is 0 Å². The first-order valence-corrected chi connectivity index (χ1v) is 5.98. The molecule has 1 heterocycles. The van der Waals surface area contributed by atoms with Crippen molar-refractivity contribution >= 4 is 22.6 Å². The smallest absolute Gasteiger partial charge is 0.0822 e. The Morgan fingerprint density at radius 3 is 2.83 bits per heavy atom. The minimum absolute atomic E-state index is 0.697. The number of hydrogen-bond acceptors (Lipinski definition) is 3. The molecule has 2 aromatic rings. The van der Waals surface area contributed by atoms with Gasteiger partial charge in [-0.15, -0.1) is 0 Å². The fourth-order valence-corrected chi connectivity index (χ4v) is 2.00. The fourth-order valence-electron chi connectivity index (χ4n) is 2.00. The van der Waals surface area contributed by atoms with Crippen LogP contribution < -0.4 is 0 Å². The average Bonchev–Trinajstić information content (AvgIpc) is 2.40. The Balaban J connectivity index is 2.52. The minimum Gasteiger partial charge on any atom is -0.411 e. The standard InChI is InChI=1S/C15H16N2O/c1-3-15(17-18)11(2)8-13-10-16-9-12-6-4-5-7-14(12)13/h4-10,18H,3H2,1-2H3/b11-8+,17-15+. The van der Waals surface area contributed by atoms with E-state index in [-0.39, 0.29) is 0 Å². The van der Waals surface area contributed by atoms with E-state index >= 15 is 0 Å². The van der Waals surface area contributed by atoms with Crippen LogP contribution in [0.15, 0.2) is 47.4 Å². The van der Waals surface area contributed by atoms with E-state index < -0.39 is 0 Å². The first-order valence-electron chi connectivity index (χ1n) is 5.98. The number of oxime groups is 1. The van der Waals surface area contributed by atoms with Crippen LogP contribution >= 0.6 is 0 Å². The summed E-state index contributed by atoms with van der Waals surface area (Å²) in [5.41, 5.74) is 2.70. The number of nitrogens with zero attached hydrogens (tertiary/aromatic N) is 2. The van der Waals surface area contributed by atoms with E-state index in [9.17, 15) is 0 Å². The Labute approximate surface area is 106 Å². The van der Waals surface area contributed by atoms with Gasteiger partial charge in [0.2, 0.25) is 0 Å². The molecule has 1 aromatic heterocycles. The summed E-state index contributed by atoms with van der Waals surface area (Å²) in [6.45, 7) is 3.91. The number of allylic oxidation sites excluding steroid dienone is 1. The van der Waals surface area contributed by atoms with Crippen LogP contribution in [-0.2, 0) is 0 Å². The zero-order chi connectivity index (χ0) is 13.0. The van der Waals surface area contributed by atoms with E-state index in [0.29, 0.717) is 12.1 Å². The van der Waals surface area contributed by atoms with Crippen LogP contribution in [0, 0.1) is 0 Å². The van der Waals surface area contributed by atoms with Gasteiger partial charge in [-0.05, 0) is 30.4 Å². The molecule has 3 nitrogen and oxygen atoms in total. The van der Waals surface area contributed by atoms with Crippen molar-refractivity contribution in [2.24, 2.45) is 5.16 Å². The van der Waals surface area contributed by atoms with Gasteiger partial charge in [0.25, 0.3) is 0 Å². The molecule has 0 spiro atoms. The molecule has 0 amide bonds. The van der Waals surface area contributed by atoms with Crippen molar-refractivity contribution in [3.05, 3.63) is 47.8 Å². The molecule has 1 aromatic carbocycles. The Kier molecular flexibility index (Phi) is 3.72. The van der Waals surface area contributed by atoms with Gasteiger partial charge in [-0.3, -0.25) is 4.98 Å². The van der Waals surface area contributed by atoms with Crippen LogP contribution in [0.2, 0.25) is 0 Å². The molecule has 0 unspecified atom stereocenters. The molecule has 0 saturated heterocycles. The first kappa shape index (κ1) is 12.3. The van der Waals surface area contributed by atoms with E-state index in [1.165, 1.54) is 0 Å². The van der Waals surface area contributed by atoms with Crippen molar-refractivity contribution in [1.29, 1.82) is 0 Å². The second kappa shape index (κ2) is 5.45. The van der Waals surface area contributed by atoms with Gasteiger partial charge < -0.3 is 5.21 Å². The lowest BCUT2D eigenvalue weighted by atomic mass is 10.0. The Morgan fingerprint density at radius 2 is 2.11 bits per heavy atom. The summed E-state index contributed by atoms with van der Waals surface area (Å²) in [5, 5.41) is 14.5. The molecular formula is C15H16N2O. The largest absolute Gasteiger partial charge is 0.411 e. The topological polar surface area (TPSA) is 45.5 Å². The molecule has 0 radical (unpaired) electrons. The van der Waals surface area contributed by atoms with Gasteiger partial charge in [-0.25, -0.2) is 0 Å². The SMILES string of the molecule is CCC(=N\O)/C(C)=C/c1cncc2ccccc12. The molecule has 2 rings (SSSR count). The number of fused-ring (bicyclic) bond motifs is 1. The first-order chi connectivity index (χ1) is 8.76. The predicted octanol–water partition coefficient (Wildman–Crippen LogP) is 3.88. The Morgan fingerprint density at radius 1 is 1.33 bits per heavy atom. The van der Waals surface area contributed by atoms with Gasteiger partial charge in [-0.1, -0.05) is 36.3 Å². The van der Waals surface area contributed by atoms with Gasteiger partial charge in [0.1, 0.15) is 0 Å². The Bertz CT molecular complexity index is 609. The third kappa shape index (κ3) is 2.40. The fraction of sp³-hybridized carbons (Fsp3) is 0.200. The van der Waals surface area contributed by atoms with Crippen molar-refractivity contribution in [3.63, 3.8) is 0 Å². The lowest BCUT2D eigenvalue weighted by Gasteiger charge is -2.04. The molecule has 18 heavy (non-hydrogen) atoms. The highest BCUT2D eigenvalue weighted by molar-refractivity contribution is 6.04. The van der Waals surface area contributed by atoms with Crippen LogP contribution in [0.25, 0.3) is 16.8 Å². The summed E-state index contributed by atoms with van der Waals surface area (Å²) < 4.78 is 0. The van der Waals surface area contributed by atoms with Gasteiger partial charge in [0.15, 0.2) is 0 Å². The normalized spacial score (nSPS) is 13.0. The number of rotatable bonds is 3. The molecule has 1 N–H and O–H groups in total. The van der Waals surface area contributed by atoms with Crippen molar-refractivity contribution in [2.45, 2.75) is 20.3 Å². The van der Waals surface area contributed by atoms with E-state index in [1.54, 1.807) is 0 Å². The molecule has 92 valence electrons. The van der Waals surface area contributed by atoms with E-state index in [2.05, 4.69) is 16.2 Å². The summed E-state index contributed by atoms with van der Waals surface area (Å²) in [4.78, 5) is 4.23. The summed E-state index contributed by atoms with van der Waals surface area (Å²) in [6, 6.07) is 8.11. The second-order valence-electron chi connectivity index (χ2n) is 4.18. The molecule has 0 aliphatic rings. The highest BCUT2D eigenvalue weighted by Crippen LogP contribution is 2.20. The van der Waals surface area contributed by atoms with Crippen LogP contribution in [0.3, 0.4) is 0 Å². The quantitative estimate of drug-likeness (QED) is 0.502. The zero-order valence-electron chi connectivity index (χ0n) is 10.6. The molecule has 3 heteroatoms. The predicted molar refractivity (Wildman–Crippen MR) is 74.9 cm³/mol. The van der Waals surface area contributed by atoms with Crippen molar-refractivity contribution in [1.82, 2.24) is 4.98 Å². The third-order valence-corrected chi connectivity index (χ3v) is 2.98. The maximum atomic E-state index is 8.92. The number of benzene rings is 1. The molecule has 0 bridgehead atoms. The zero-order valence-corrected chi connectivity index (χ0v) is 10.6. The summed E-state index contributed by atoms with van der Waals surface area (Å²) >= 11 is 0. The number of hydrogen-bond donors (Lipinski definition) is 1. The van der Waals surface area contributed by atoms with Crippen LogP contribution in [0.1, 0.15) is 25.8 Å². The van der Waals surface area contributed by atoms with Gasteiger partial charge in [0.05, 0.1) is 5.71 Å². The lowest BCUT2D eigenvalue weighted by Crippen LogP contribution is -1.97. The summed E-state index contributed by atoms with van der Waals surface area (Å²) in [5.74, 6) is 0. The molecule has 0 atom stereocenters. The van der Waals surface area contributed by atoms with Crippen molar-refractivity contribution in [3.8, 4) is 0 Å². The van der Waals surface area contributed by atoms with Gasteiger partial charge >= 0.3 is 0 Å². The molecular weight excluding hydrogens is 224 g/mol. The van der Waals surface area contributed by atoms with Crippen LogP contribution in [-0.4, -0.2) is 15.9 Å². The Hall–Kier alpha value is -2.16. The molecule has 0 aliphatic carbocycles. The van der Waals surface area contributed by atoms with Crippen LogP contribution in [0.4, 0.5) is 0 Å².